The molecule has 0 aromatic heterocycles. The molecule has 1 aliphatic rings. The van der Waals surface area contributed by atoms with Crippen molar-refractivity contribution in [3.63, 3.8) is 0 Å². The van der Waals surface area contributed by atoms with Crippen molar-refractivity contribution in [2.24, 2.45) is 0 Å². The highest BCUT2D eigenvalue weighted by atomic mass is 32.2. The second-order valence-electron chi connectivity index (χ2n) is 5.06. The van der Waals surface area contributed by atoms with Crippen molar-refractivity contribution < 1.29 is 8.42 Å². The van der Waals surface area contributed by atoms with Crippen molar-refractivity contribution in [3.05, 3.63) is 23.8 Å². The molecule has 2 rings (SSSR count). The molecule has 7 heteroatoms. The Labute approximate surface area is 119 Å². The summed E-state index contributed by atoms with van der Waals surface area (Å²) in [5.41, 5.74) is 6.26. The Hall–Kier alpha value is -1.62. The van der Waals surface area contributed by atoms with Gasteiger partial charge in [0.15, 0.2) is 0 Å². The third kappa shape index (κ3) is 2.63. The summed E-state index contributed by atoms with van der Waals surface area (Å²) in [5, 5.41) is 8.80. The fraction of sp³-hybridized carbons (Fsp3) is 0.462. The van der Waals surface area contributed by atoms with Crippen molar-refractivity contribution in [1.82, 2.24) is 9.21 Å². The summed E-state index contributed by atoms with van der Waals surface area (Å²) in [6.45, 7) is 3.57. The molecule has 1 heterocycles. The summed E-state index contributed by atoms with van der Waals surface area (Å²) < 4.78 is 26.7. The van der Waals surface area contributed by atoms with Crippen molar-refractivity contribution >= 4 is 15.7 Å². The van der Waals surface area contributed by atoms with Gasteiger partial charge in [0.1, 0.15) is 4.90 Å². The molecule has 1 aliphatic heterocycles. The van der Waals surface area contributed by atoms with Gasteiger partial charge in [-0.25, -0.2) is 8.42 Å². The molecule has 1 aromatic carbocycles. The van der Waals surface area contributed by atoms with Crippen LogP contribution in [0.5, 0.6) is 0 Å². The first-order chi connectivity index (χ1) is 9.36. The molecule has 1 saturated heterocycles. The van der Waals surface area contributed by atoms with Crippen LogP contribution in [0.25, 0.3) is 0 Å². The van der Waals surface area contributed by atoms with E-state index in [2.05, 4.69) is 4.90 Å². The largest absolute Gasteiger partial charge is 0.398 e. The van der Waals surface area contributed by atoms with Crippen molar-refractivity contribution in [2.45, 2.75) is 17.9 Å². The summed E-state index contributed by atoms with van der Waals surface area (Å²) in [4.78, 5) is 2.20. The summed E-state index contributed by atoms with van der Waals surface area (Å²) in [6.07, 6.45) is 0. The Balaban J connectivity index is 2.34. The first-order valence-corrected chi connectivity index (χ1v) is 7.80. The maximum Gasteiger partial charge on any atom is 0.245 e. The molecule has 0 saturated carbocycles. The Morgan fingerprint density at radius 1 is 1.40 bits per heavy atom. The molecular weight excluding hydrogens is 276 g/mol. The van der Waals surface area contributed by atoms with Crippen molar-refractivity contribution in [1.29, 1.82) is 5.26 Å². The van der Waals surface area contributed by atoms with Gasteiger partial charge in [-0.2, -0.15) is 9.57 Å². The third-order valence-corrected chi connectivity index (χ3v) is 5.62. The van der Waals surface area contributed by atoms with Crippen molar-refractivity contribution in [2.75, 3.05) is 32.4 Å². The van der Waals surface area contributed by atoms with E-state index in [-0.39, 0.29) is 16.6 Å². The number of piperazine rings is 1. The standard InChI is InChI=1S/C13H18N4O2S/c1-10-9-17(6-5-16(10)2)20(18,19)13-4-3-11(8-14)7-12(13)15/h3-4,7,10H,5-6,9,15H2,1-2H3. The molecule has 6 nitrogen and oxygen atoms in total. The maximum absolute atomic E-state index is 12.6. The fourth-order valence-corrected chi connectivity index (χ4v) is 3.83. The highest BCUT2D eigenvalue weighted by Gasteiger charge is 2.31. The first kappa shape index (κ1) is 14.8. The Kier molecular flexibility index (Phi) is 3.99. The van der Waals surface area contributed by atoms with E-state index in [9.17, 15) is 8.42 Å². The molecule has 0 spiro atoms. The quantitative estimate of drug-likeness (QED) is 0.800. The van der Waals surface area contributed by atoms with E-state index in [0.717, 1.165) is 0 Å². The number of nitrogens with two attached hydrogens (primary N) is 1. The number of sulfonamides is 1. The molecule has 108 valence electrons. The van der Waals surface area contributed by atoms with E-state index in [4.69, 9.17) is 11.0 Å². The van der Waals surface area contributed by atoms with Gasteiger partial charge in [-0.1, -0.05) is 0 Å². The molecule has 0 amide bonds. The number of likely N-dealkylation sites (N-methyl/N-ethyl adjacent to an activating group) is 1. The van der Waals surface area contributed by atoms with Gasteiger partial charge in [-0.05, 0) is 32.2 Å². The molecule has 1 unspecified atom stereocenters. The zero-order chi connectivity index (χ0) is 14.9. The molecule has 2 N–H and O–H groups in total. The van der Waals surface area contributed by atoms with E-state index in [1.165, 1.54) is 22.5 Å². The van der Waals surface area contributed by atoms with Crippen LogP contribution in [0, 0.1) is 11.3 Å². The lowest BCUT2D eigenvalue weighted by atomic mass is 10.2. The molecule has 0 bridgehead atoms. The number of anilines is 1. The highest BCUT2D eigenvalue weighted by Crippen LogP contribution is 2.25. The number of nitrogen functional groups attached to an aromatic ring is 1. The van der Waals surface area contributed by atoms with Crippen LogP contribution < -0.4 is 5.73 Å². The number of benzene rings is 1. The zero-order valence-electron chi connectivity index (χ0n) is 11.6. The molecule has 1 aromatic rings. The molecule has 1 fully saturated rings. The predicted octanol–water partition coefficient (Wildman–Crippen LogP) is 0.465. The number of hydrogen-bond acceptors (Lipinski definition) is 5. The number of nitriles is 1. The average molecular weight is 294 g/mol. The normalized spacial score (nSPS) is 21.6. The third-order valence-electron chi connectivity index (χ3n) is 3.68. The molecule has 0 aliphatic carbocycles. The van der Waals surface area contributed by atoms with Gasteiger partial charge in [0.2, 0.25) is 10.0 Å². The zero-order valence-corrected chi connectivity index (χ0v) is 12.4. The maximum atomic E-state index is 12.6. The Bertz CT molecular complexity index is 651. The van der Waals surface area contributed by atoms with Crippen LogP contribution in [0.1, 0.15) is 12.5 Å². The van der Waals surface area contributed by atoms with E-state index in [1.807, 2.05) is 20.0 Å². The minimum atomic E-state index is -3.60. The Morgan fingerprint density at radius 2 is 2.10 bits per heavy atom. The van der Waals surface area contributed by atoms with Crippen LogP contribution in [0.3, 0.4) is 0 Å². The smallest absolute Gasteiger partial charge is 0.245 e. The lowest BCUT2D eigenvalue weighted by Crippen LogP contribution is -2.51. The fourth-order valence-electron chi connectivity index (χ4n) is 2.23. The van der Waals surface area contributed by atoms with Crippen LogP contribution in [0.15, 0.2) is 23.1 Å². The van der Waals surface area contributed by atoms with Gasteiger partial charge >= 0.3 is 0 Å². The topological polar surface area (TPSA) is 90.4 Å². The monoisotopic (exact) mass is 294 g/mol. The number of hydrogen-bond donors (Lipinski definition) is 1. The van der Waals surface area contributed by atoms with Gasteiger partial charge in [0, 0.05) is 25.7 Å². The van der Waals surface area contributed by atoms with E-state index in [1.54, 1.807) is 0 Å². The minimum absolute atomic E-state index is 0.0771. The molecule has 0 radical (unpaired) electrons. The predicted molar refractivity (Wildman–Crippen MR) is 76.4 cm³/mol. The van der Waals surface area contributed by atoms with Gasteiger partial charge in [-0.15, -0.1) is 0 Å². The van der Waals surface area contributed by atoms with Gasteiger partial charge in [0.05, 0.1) is 17.3 Å². The van der Waals surface area contributed by atoms with Crippen molar-refractivity contribution in [3.8, 4) is 6.07 Å². The summed E-state index contributed by atoms with van der Waals surface area (Å²) in [5.74, 6) is 0. The Morgan fingerprint density at radius 3 is 2.65 bits per heavy atom. The lowest BCUT2D eigenvalue weighted by Gasteiger charge is -2.36. The average Bonchev–Trinajstić information content (AvgIpc) is 2.41. The molecule has 1 atom stereocenters. The lowest BCUT2D eigenvalue weighted by molar-refractivity contribution is 0.159. The minimum Gasteiger partial charge on any atom is -0.398 e. The van der Waals surface area contributed by atoms with Crippen LogP contribution in [-0.2, 0) is 10.0 Å². The summed E-state index contributed by atoms with van der Waals surface area (Å²) in [7, 11) is -1.62. The van der Waals surface area contributed by atoms with Crippen LogP contribution in [0.2, 0.25) is 0 Å². The first-order valence-electron chi connectivity index (χ1n) is 6.36. The van der Waals surface area contributed by atoms with E-state index < -0.39 is 10.0 Å². The second kappa shape index (κ2) is 5.40. The van der Waals surface area contributed by atoms with Crippen LogP contribution in [-0.4, -0.2) is 50.3 Å². The van der Waals surface area contributed by atoms with Gasteiger partial charge in [0.25, 0.3) is 0 Å². The number of rotatable bonds is 2. The van der Waals surface area contributed by atoms with Crippen LogP contribution >= 0.6 is 0 Å². The SMILES string of the molecule is CC1CN(S(=O)(=O)c2ccc(C#N)cc2N)CCN1C. The van der Waals surface area contributed by atoms with Gasteiger partial charge in [-0.3, -0.25) is 0 Å². The highest BCUT2D eigenvalue weighted by molar-refractivity contribution is 7.89. The summed E-state index contributed by atoms with van der Waals surface area (Å²) >= 11 is 0. The van der Waals surface area contributed by atoms with E-state index >= 15 is 0 Å². The van der Waals surface area contributed by atoms with E-state index in [0.29, 0.717) is 25.2 Å². The summed E-state index contributed by atoms with van der Waals surface area (Å²) in [6, 6.07) is 6.39. The molecule has 20 heavy (non-hydrogen) atoms. The molecular formula is C13H18N4O2S. The van der Waals surface area contributed by atoms with Crippen LogP contribution in [0.4, 0.5) is 5.69 Å². The van der Waals surface area contributed by atoms with Gasteiger partial charge < -0.3 is 10.6 Å². The number of nitrogens with zero attached hydrogens (tertiary/aromatic N) is 3. The second-order valence-corrected chi connectivity index (χ2v) is 6.96.